The van der Waals surface area contributed by atoms with E-state index in [-0.39, 0.29) is 37.1 Å². The fraction of sp³-hybridized carbons (Fsp3) is 0.318. The van der Waals surface area contributed by atoms with Gasteiger partial charge in [-0.1, -0.05) is 0 Å². The van der Waals surface area contributed by atoms with Crippen molar-refractivity contribution in [2.24, 2.45) is 0 Å². The third-order valence-electron chi connectivity index (χ3n) is 4.70. The molecule has 32 heavy (non-hydrogen) atoms. The van der Waals surface area contributed by atoms with Crippen LogP contribution in [0.5, 0.6) is 11.5 Å². The number of hydrogen-bond donors (Lipinski definition) is 3. The number of ether oxygens (including phenoxy) is 2. The fourth-order valence-electron chi connectivity index (χ4n) is 3.10. The number of carbonyl (C=O) groups is 2. The number of hydrogen-bond acceptors (Lipinski definition) is 7. The van der Waals surface area contributed by atoms with Crippen LogP contribution in [0.2, 0.25) is 0 Å². The summed E-state index contributed by atoms with van der Waals surface area (Å²) >= 11 is 0. The molecule has 2 aromatic carbocycles. The van der Waals surface area contributed by atoms with Gasteiger partial charge in [0, 0.05) is 19.5 Å². The number of carbonyl (C=O) groups excluding carboxylic acids is 2. The Labute approximate surface area is 184 Å². The third kappa shape index (κ3) is 5.78. The molecule has 1 aliphatic rings. The molecule has 1 unspecified atom stereocenters. The van der Waals surface area contributed by atoms with Crippen molar-refractivity contribution in [3.63, 3.8) is 0 Å². The predicted molar refractivity (Wildman–Crippen MR) is 114 cm³/mol. The lowest BCUT2D eigenvalue weighted by molar-refractivity contribution is -0.119. The van der Waals surface area contributed by atoms with Gasteiger partial charge in [0.2, 0.25) is 5.91 Å². The highest BCUT2D eigenvalue weighted by Crippen LogP contribution is 2.27. The minimum Gasteiger partial charge on any atom is -0.506 e. The highest BCUT2D eigenvalue weighted by Gasteiger charge is 2.32. The molecule has 0 spiro atoms. The molecule has 0 aromatic heterocycles. The Balaban J connectivity index is 1.47. The van der Waals surface area contributed by atoms with E-state index in [9.17, 15) is 19.1 Å². The topological polar surface area (TPSA) is 124 Å². The van der Waals surface area contributed by atoms with E-state index in [0.29, 0.717) is 29.9 Å². The summed E-state index contributed by atoms with van der Waals surface area (Å²) in [4.78, 5) is 24.3. The smallest absolute Gasteiger partial charge is 0.414 e. The van der Waals surface area contributed by atoms with Crippen LogP contribution in [0.3, 0.4) is 0 Å². The number of cyclic esters (lactones) is 1. The normalized spacial score (nSPS) is 15.1. The molecule has 0 aliphatic carbocycles. The molecule has 3 rings (SSSR count). The molecule has 0 radical (unpaired) electrons. The lowest BCUT2D eigenvalue weighted by atomic mass is 10.2. The number of halogens is 1. The second-order valence-corrected chi connectivity index (χ2v) is 7.14. The molecule has 2 aromatic rings. The van der Waals surface area contributed by atoms with Gasteiger partial charge in [-0.2, -0.15) is 5.26 Å². The van der Waals surface area contributed by atoms with Gasteiger partial charge in [-0.25, -0.2) is 9.18 Å². The number of anilines is 2. The largest absolute Gasteiger partial charge is 0.506 e. The van der Waals surface area contributed by atoms with E-state index in [1.807, 2.05) is 6.07 Å². The van der Waals surface area contributed by atoms with Crippen molar-refractivity contribution >= 4 is 23.4 Å². The molecule has 2 amide bonds. The summed E-state index contributed by atoms with van der Waals surface area (Å²) in [7, 11) is 0. The molecule has 168 valence electrons. The first-order chi connectivity index (χ1) is 15.4. The molecule has 0 bridgehead atoms. The van der Waals surface area contributed by atoms with E-state index in [1.165, 1.54) is 30.0 Å². The van der Waals surface area contributed by atoms with Crippen molar-refractivity contribution in [2.75, 3.05) is 36.5 Å². The Kier molecular flexibility index (Phi) is 7.33. The molecule has 10 heteroatoms. The molecule has 0 saturated carbocycles. The Bertz CT molecular complexity index is 1040. The van der Waals surface area contributed by atoms with Crippen molar-refractivity contribution in [3.8, 4) is 17.6 Å². The van der Waals surface area contributed by atoms with Crippen LogP contribution < -0.4 is 20.3 Å². The van der Waals surface area contributed by atoms with Gasteiger partial charge in [0.1, 0.15) is 11.9 Å². The zero-order valence-corrected chi connectivity index (χ0v) is 17.4. The number of phenolic OH excluding ortho intramolecular Hbond substituents is 1. The Hall–Kier alpha value is -4.00. The molecule has 1 saturated heterocycles. The maximum atomic E-state index is 14.4. The van der Waals surface area contributed by atoms with Crippen LogP contribution in [0.1, 0.15) is 18.9 Å². The Morgan fingerprint density at radius 1 is 1.38 bits per heavy atom. The number of aromatic hydroxyl groups is 1. The quantitative estimate of drug-likeness (QED) is 0.403. The van der Waals surface area contributed by atoms with E-state index >= 15 is 0 Å². The molecule has 9 nitrogen and oxygen atoms in total. The minimum absolute atomic E-state index is 0.0219. The summed E-state index contributed by atoms with van der Waals surface area (Å²) < 4.78 is 25.1. The SMILES string of the molecule is CC(=O)NCC1CN(c2ccc(OCCCNc3ccc(C#N)cc3O)c(F)c2)C(=O)O1. The number of amides is 2. The van der Waals surface area contributed by atoms with Crippen LogP contribution in [0.25, 0.3) is 0 Å². The number of phenols is 1. The maximum Gasteiger partial charge on any atom is 0.414 e. The van der Waals surface area contributed by atoms with Gasteiger partial charge < -0.3 is 25.2 Å². The molecule has 3 N–H and O–H groups in total. The monoisotopic (exact) mass is 442 g/mol. The predicted octanol–water partition coefficient (Wildman–Crippen LogP) is 2.75. The average molecular weight is 442 g/mol. The zero-order valence-electron chi connectivity index (χ0n) is 17.4. The minimum atomic E-state index is -0.613. The first kappa shape index (κ1) is 22.7. The molecule has 1 heterocycles. The van der Waals surface area contributed by atoms with Crippen molar-refractivity contribution in [3.05, 3.63) is 47.8 Å². The number of rotatable bonds is 9. The number of nitrogens with zero attached hydrogens (tertiary/aromatic N) is 2. The zero-order chi connectivity index (χ0) is 23.1. The van der Waals surface area contributed by atoms with Crippen LogP contribution in [0, 0.1) is 17.1 Å². The van der Waals surface area contributed by atoms with Gasteiger partial charge in [-0.15, -0.1) is 0 Å². The highest BCUT2D eigenvalue weighted by molar-refractivity contribution is 5.90. The van der Waals surface area contributed by atoms with Gasteiger partial charge in [0.25, 0.3) is 0 Å². The summed E-state index contributed by atoms with van der Waals surface area (Å²) in [5.41, 5.74) is 1.19. The standard InChI is InChI=1S/C22H23FN4O5/c1-14(28)26-12-17-13-27(22(30)32-17)16-4-6-21(18(23)10-16)31-8-2-7-25-19-5-3-15(11-24)9-20(19)29/h3-6,9-10,17,25,29H,2,7-8,12-13H2,1H3,(H,26,28). The van der Waals surface area contributed by atoms with Crippen LogP contribution in [-0.4, -0.2) is 49.5 Å². The third-order valence-corrected chi connectivity index (χ3v) is 4.70. The first-order valence-corrected chi connectivity index (χ1v) is 9.99. The fourth-order valence-corrected chi connectivity index (χ4v) is 3.10. The van der Waals surface area contributed by atoms with E-state index in [2.05, 4.69) is 10.6 Å². The molecular formula is C22H23FN4O5. The van der Waals surface area contributed by atoms with E-state index in [0.717, 1.165) is 0 Å². The van der Waals surface area contributed by atoms with Crippen molar-refractivity contribution < 1.29 is 28.6 Å². The number of nitriles is 1. The lowest BCUT2D eigenvalue weighted by Crippen LogP contribution is -2.33. The number of benzene rings is 2. The van der Waals surface area contributed by atoms with Gasteiger partial charge in [0.05, 0.1) is 42.7 Å². The molecule has 1 fully saturated rings. The summed E-state index contributed by atoms with van der Waals surface area (Å²) in [6.07, 6.45) is -0.580. The Morgan fingerprint density at radius 3 is 2.88 bits per heavy atom. The second kappa shape index (κ2) is 10.3. The average Bonchev–Trinajstić information content (AvgIpc) is 3.14. The van der Waals surface area contributed by atoms with E-state index in [4.69, 9.17) is 14.7 Å². The summed E-state index contributed by atoms with van der Waals surface area (Å²) in [5, 5.41) is 24.3. The van der Waals surface area contributed by atoms with Crippen molar-refractivity contribution in [2.45, 2.75) is 19.4 Å². The van der Waals surface area contributed by atoms with Gasteiger partial charge in [0.15, 0.2) is 11.6 Å². The molecule has 1 aliphatic heterocycles. The summed E-state index contributed by atoms with van der Waals surface area (Å²) in [5.74, 6) is -0.807. The van der Waals surface area contributed by atoms with Crippen molar-refractivity contribution in [1.29, 1.82) is 5.26 Å². The first-order valence-electron chi connectivity index (χ1n) is 9.99. The van der Waals surface area contributed by atoms with Crippen LogP contribution in [-0.2, 0) is 9.53 Å². The lowest BCUT2D eigenvalue weighted by Gasteiger charge is -2.15. The summed E-state index contributed by atoms with van der Waals surface area (Å²) in [6, 6.07) is 10.7. The molecular weight excluding hydrogens is 419 g/mol. The summed E-state index contributed by atoms with van der Waals surface area (Å²) in [6.45, 7) is 2.46. The van der Waals surface area contributed by atoms with Gasteiger partial charge >= 0.3 is 6.09 Å². The number of nitrogens with one attached hydrogen (secondary N) is 2. The van der Waals surface area contributed by atoms with Crippen molar-refractivity contribution in [1.82, 2.24) is 5.32 Å². The van der Waals surface area contributed by atoms with Crippen LogP contribution in [0.15, 0.2) is 36.4 Å². The maximum absolute atomic E-state index is 14.4. The molecule has 1 atom stereocenters. The van der Waals surface area contributed by atoms with Crippen LogP contribution in [0.4, 0.5) is 20.6 Å². The van der Waals surface area contributed by atoms with E-state index < -0.39 is 18.0 Å². The highest BCUT2D eigenvalue weighted by atomic mass is 19.1. The Morgan fingerprint density at radius 2 is 2.19 bits per heavy atom. The van der Waals surface area contributed by atoms with E-state index in [1.54, 1.807) is 18.2 Å². The second-order valence-electron chi connectivity index (χ2n) is 7.14. The van der Waals surface area contributed by atoms with Gasteiger partial charge in [-0.3, -0.25) is 9.69 Å². The van der Waals surface area contributed by atoms with Gasteiger partial charge in [-0.05, 0) is 36.8 Å². The van der Waals surface area contributed by atoms with Crippen LogP contribution >= 0.6 is 0 Å².